The maximum Gasteiger partial charge on any atom is 0.159 e. The van der Waals surface area contributed by atoms with E-state index in [2.05, 4.69) is 240 Å². The molecule has 0 atom stereocenters. The smallest absolute Gasteiger partial charge is 0.159 e. The van der Waals surface area contributed by atoms with E-state index < -0.39 is 0 Å². The minimum absolute atomic E-state index is 0.862. The van der Waals surface area contributed by atoms with Crippen molar-refractivity contribution in [3.05, 3.63) is 231 Å². The van der Waals surface area contributed by atoms with Gasteiger partial charge in [-0.2, -0.15) is 0 Å². The Hall–Kier alpha value is -8.40. The monoisotopic (exact) mass is 802 g/mol. The third-order valence-corrected chi connectivity index (χ3v) is 12.9. The summed E-state index contributed by atoms with van der Waals surface area (Å²) < 4.78 is 9.41. The van der Waals surface area contributed by atoms with E-state index in [-0.39, 0.29) is 0 Å². The lowest BCUT2D eigenvalue weighted by Crippen LogP contribution is -2.10. The molecule has 0 fully saturated rings. The van der Waals surface area contributed by atoms with Gasteiger partial charge in [-0.15, -0.1) is 0 Å². The molecule has 63 heavy (non-hydrogen) atoms. The number of fused-ring (bicyclic) bond motifs is 11. The topological polar surface area (TPSA) is 20.8 Å². The van der Waals surface area contributed by atoms with E-state index in [9.17, 15) is 0 Å². The Bertz CT molecular complexity index is 3900. The second-order valence-corrected chi connectivity index (χ2v) is 16.4. The zero-order valence-corrected chi connectivity index (χ0v) is 34.2. The van der Waals surface area contributed by atoms with Crippen LogP contribution >= 0.6 is 0 Å². The molecule has 10 aromatic carbocycles. The van der Waals surface area contributed by atoms with Gasteiger partial charge < -0.3 is 13.7 Å². The molecule has 0 bridgehead atoms. The van der Waals surface area contributed by atoms with Crippen molar-refractivity contribution in [2.75, 3.05) is 4.90 Å². The standard InChI is InChI=1S/C60H38N2O/c1-4-15-39(16-5-1)50-24-13-25-51-52-26-14-28-56(60(52)63-59(50)51)61(45-20-8-3-9-21-45)46-33-35-48-44(38-46)30-29-42-37-43(31-34-47(42)48)49-23-12-19-41-32-36-55-57(40-17-6-2-7-18-40)53-22-10-11-27-54(53)62(55)58(41)49/h1-38H. The highest BCUT2D eigenvalue weighted by Crippen LogP contribution is 2.46. The van der Waals surface area contributed by atoms with Crippen molar-refractivity contribution in [2.24, 2.45) is 0 Å². The molecule has 13 rings (SSSR count). The number of anilines is 3. The minimum atomic E-state index is 0.862. The van der Waals surface area contributed by atoms with Crippen LogP contribution in [-0.4, -0.2) is 4.40 Å². The Kier molecular flexibility index (Phi) is 7.91. The Morgan fingerprint density at radius 3 is 1.76 bits per heavy atom. The van der Waals surface area contributed by atoms with Crippen LogP contribution in [0.2, 0.25) is 0 Å². The van der Waals surface area contributed by atoms with Crippen LogP contribution in [-0.2, 0) is 0 Å². The number of pyridine rings is 1. The Morgan fingerprint density at radius 2 is 0.952 bits per heavy atom. The van der Waals surface area contributed by atoms with Crippen molar-refractivity contribution in [1.29, 1.82) is 0 Å². The molecule has 0 N–H and O–H groups in total. The molecule has 3 heteroatoms. The summed E-state index contributed by atoms with van der Waals surface area (Å²) >= 11 is 0. The molecule has 3 aromatic heterocycles. The first-order chi connectivity index (χ1) is 31.3. The largest absolute Gasteiger partial charge is 0.453 e. The van der Waals surface area contributed by atoms with E-state index >= 15 is 0 Å². The average molecular weight is 803 g/mol. The second-order valence-electron chi connectivity index (χ2n) is 16.4. The molecule has 3 heterocycles. The highest BCUT2D eigenvalue weighted by Gasteiger charge is 2.22. The van der Waals surface area contributed by atoms with Gasteiger partial charge in [0.25, 0.3) is 0 Å². The number of furan rings is 1. The number of para-hydroxylation sites is 5. The molecule has 0 aliphatic carbocycles. The summed E-state index contributed by atoms with van der Waals surface area (Å²) in [6, 6.07) is 83.3. The average Bonchev–Trinajstić information content (AvgIpc) is 3.91. The zero-order valence-electron chi connectivity index (χ0n) is 34.2. The van der Waals surface area contributed by atoms with Crippen LogP contribution in [0.1, 0.15) is 0 Å². The molecule has 0 spiro atoms. The van der Waals surface area contributed by atoms with E-state index in [1.807, 2.05) is 0 Å². The molecule has 0 radical (unpaired) electrons. The molecule has 0 unspecified atom stereocenters. The van der Waals surface area contributed by atoms with E-state index in [0.29, 0.717) is 0 Å². The predicted molar refractivity (Wildman–Crippen MR) is 266 cm³/mol. The summed E-state index contributed by atoms with van der Waals surface area (Å²) in [6.07, 6.45) is 0. The van der Waals surface area contributed by atoms with Gasteiger partial charge >= 0.3 is 0 Å². The van der Waals surface area contributed by atoms with E-state index in [4.69, 9.17) is 4.42 Å². The highest BCUT2D eigenvalue weighted by atomic mass is 16.3. The lowest BCUT2D eigenvalue weighted by molar-refractivity contribution is 0.670. The normalized spacial score (nSPS) is 11.8. The lowest BCUT2D eigenvalue weighted by Gasteiger charge is -2.26. The summed E-state index contributed by atoms with van der Waals surface area (Å²) in [7, 11) is 0. The summed E-state index contributed by atoms with van der Waals surface area (Å²) in [4.78, 5) is 2.33. The molecule has 0 aliphatic rings. The van der Waals surface area contributed by atoms with Crippen LogP contribution in [0, 0.1) is 0 Å². The molecule has 0 aliphatic heterocycles. The maximum absolute atomic E-state index is 6.94. The van der Waals surface area contributed by atoms with Gasteiger partial charge in [-0.05, 0) is 92.2 Å². The summed E-state index contributed by atoms with van der Waals surface area (Å²) in [5.41, 5.74) is 15.7. The first-order valence-corrected chi connectivity index (χ1v) is 21.6. The molecule has 0 saturated heterocycles. The van der Waals surface area contributed by atoms with Gasteiger partial charge in [0.15, 0.2) is 5.58 Å². The number of hydrogen-bond acceptors (Lipinski definition) is 2. The number of benzene rings is 10. The van der Waals surface area contributed by atoms with E-state index in [1.54, 1.807) is 0 Å². The van der Waals surface area contributed by atoms with Crippen molar-refractivity contribution >= 4 is 87.9 Å². The Balaban J connectivity index is 0.953. The van der Waals surface area contributed by atoms with Crippen molar-refractivity contribution in [2.45, 2.75) is 0 Å². The van der Waals surface area contributed by atoms with Crippen molar-refractivity contribution in [3.63, 3.8) is 0 Å². The fraction of sp³-hybridized carbons (Fsp3) is 0. The van der Waals surface area contributed by atoms with Gasteiger partial charge in [0, 0.05) is 44.2 Å². The summed E-state index contributed by atoms with van der Waals surface area (Å²) in [6.45, 7) is 0. The fourth-order valence-electron chi connectivity index (χ4n) is 10.1. The summed E-state index contributed by atoms with van der Waals surface area (Å²) in [5, 5.41) is 9.50. The van der Waals surface area contributed by atoms with Gasteiger partial charge in [-0.1, -0.05) is 182 Å². The molecule has 13 aromatic rings. The Morgan fingerprint density at radius 1 is 0.333 bits per heavy atom. The van der Waals surface area contributed by atoms with Crippen LogP contribution in [0.15, 0.2) is 235 Å². The van der Waals surface area contributed by atoms with Gasteiger partial charge in [0.05, 0.1) is 22.2 Å². The molecular weight excluding hydrogens is 765 g/mol. The first kappa shape index (κ1) is 35.4. The number of nitrogens with zero attached hydrogens (tertiary/aromatic N) is 2. The van der Waals surface area contributed by atoms with Gasteiger partial charge in [-0.25, -0.2) is 0 Å². The molecule has 0 saturated carbocycles. The number of aromatic nitrogens is 1. The van der Waals surface area contributed by atoms with Gasteiger partial charge in [-0.3, -0.25) is 0 Å². The lowest BCUT2D eigenvalue weighted by atomic mass is 9.95. The first-order valence-electron chi connectivity index (χ1n) is 21.6. The number of rotatable bonds is 6. The van der Waals surface area contributed by atoms with Gasteiger partial charge in [0.1, 0.15) is 5.58 Å². The highest BCUT2D eigenvalue weighted by molar-refractivity contribution is 6.15. The van der Waals surface area contributed by atoms with Crippen molar-refractivity contribution in [1.82, 2.24) is 4.40 Å². The van der Waals surface area contributed by atoms with Gasteiger partial charge in [0.2, 0.25) is 0 Å². The van der Waals surface area contributed by atoms with Crippen molar-refractivity contribution in [3.8, 4) is 33.4 Å². The van der Waals surface area contributed by atoms with E-state index in [0.717, 1.165) is 50.1 Å². The molecular formula is C60H38N2O. The quantitative estimate of drug-likeness (QED) is 0.156. The van der Waals surface area contributed by atoms with Crippen LogP contribution in [0.4, 0.5) is 17.1 Å². The minimum Gasteiger partial charge on any atom is -0.453 e. The van der Waals surface area contributed by atoms with Crippen LogP contribution in [0.3, 0.4) is 0 Å². The third kappa shape index (κ3) is 5.53. The SMILES string of the molecule is c1ccc(-c2cccc3c2oc2c(N(c4ccccc4)c4ccc5c(ccc6cc(-c7cccc8ccc9c(-c%10ccccc%10)c%10ccccc%10n9c78)ccc65)c4)cccc23)cc1. The Labute approximate surface area is 363 Å². The summed E-state index contributed by atoms with van der Waals surface area (Å²) in [5.74, 6) is 0. The van der Waals surface area contributed by atoms with Crippen LogP contribution in [0.5, 0.6) is 0 Å². The fourth-order valence-corrected chi connectivity index (χ4v) is 10.1. The van der Waals surface area contributed by atoms with Crippen LogP contribution in [0.25, 0.3) is 104 Å². The van der Waals surface area contributed by atoms with Crippen molar-refractivity contribution < 1.29 is 4.42 Å². The maximum atomic E-state index is 6.94. The van der Waals surface area contributed by atoms with Crippen LogP contribution < -0.4 is 4.90 Å². The molecule has 294 valence electrons. The third-order valence-electron chi connectivity index (χ3n) is 12.9. The second kappa shape index (κ2) is 14.1. The molecule has 0 amide bonds. The van der Waals surface area contributed by atoms with E-state index in [1.165, 1.54) is 71.1 Å². The predicted octanol–water partition coefficient (Wildman–Crippen LogP) is 16.9. The zero-order chi connectivity index (χ0) is 41.4. The molecule has 3 nitrogen and oxygen atoms in total. The number of hydrogen-bond donors (Lipinski definition) is 0.